The molecule has 0 unspecified atom stereocenters. The Kier molecular flexibility index (Phi) is 4.08. The van der Waals surface area contributed by atoms with Gasteiger partial charge in [0.05, 0.1) is 6.42 Å². The van der Waals surface area contributed by atoms with E-state index in [1.807, 2.05) is 6.92 Å². The molecule has 36 valence electrons. The van der Waals surface area contributed by atoms with E-state index in [1.54, 1.807) is 0 Å². The van der Waals surface area contributed by atoms with Crippen LogP contribution in [-0.4, -0.2) is 6.29 Å². The van der Waals surface area contributed by atoms with Crippen molar-refractivity contribution in [2.24, 2.45) is 0 Å². The first-order chi connectivity index (χ1) is 2.91. The monoisotopic (exact) mass is 88.1 g/mol. The van der Waals surface area contributed by atoms with Crippen molar-refractivity contribution >= 4 is 6.29 Å². The van der Waals surface area contributed by atoms with Crippen LogP contribution in [0.15, 0.2) is 0 Å². The summed E-state index contributed by atoms with van der Waals surface area (Å²) in [5.74, 6) is 0. The summed E-state index contributed by atoms with van der Waals surface area (Å²) < 4.78 is 3.41. The highest BCUT2D eigenvalue weighted by molar-refractivity contribution is 5.49. The van der Waals surface area contributed by atoms with Crippen molar-refractivity contribution in [2.45, 2.75) is 19.8 Å². The van der Waals surface area contributed by atoms with Gasteiger partial charge in [0.2, 0.25) is 0 Å². The molecule has 0 aliphatic carbocycles. The number of hydrogen-bond donors (Lipinski definition) is 0. The van der Waals surface area contributed by atoms with E-state index in [4.69, 9.17) is 5.26 Å². The zero-order valence-corrected chi connectivity index (χ0v) is 3.81. The van der Waals surface area contributed by atoms with Gasteiger partial charge in [0.15, 0.2) is 0 Å². The molecule has 0 spiro atoms. The fraction of sp³-hybridized carbons (Fsp3) is 0.750. The van der Waals surface area contributed by atoms with Crippen LogP contribution in [0, 0.1) is 0 Å². The Bertz CT molecular complexity index is 40.8. The van der Waals surface area contributed by atoms with Crippen molar-refractivity contribution in [3.05, 3.63) is 0 Å². The van der Waals surface area contributed by atoms with Crippen molar-refractivity contribution in [2.75, 3.05) is 0 Å². The van der Waals surface area contributed by atoms with Crippen LogP contribution in [0.2, 0.25) is 0 Å². The lowest BCUT2D eigenvalue weighted by atomic mass is 10.4. The van der Waals surface area contributed by atoms with E-state index in [0.717, 1.165) is 12.8 Å². The minimum Gasteiger partial charge on any atom is -0.463 e. The van der Waals surface area contributed by atoms with Crippen LogP contribution >= 0.6 is 0 Å². The first-order valence-electron chi connectivity index (χ1n) is 2.02. The molecule has 6 heavy (non-hydrogen) atoms. The SMILES string of the molecule is CCCC=[O+][O-]. The first kappa shape index (κ1) is 5.47. The molecule has 0 aliphatic rings. The summed E-state index contributed by atoms with van der Waals surface area (Å²) in [4.78, 5) is 0. The van der Waals surface area contributed by atoms with E-state index < -0.39 is 0 Å². The molecule has 0 rings (SSSR count). The predicted molar refractivity (Wildman–Crippen MR) is 21.0 cm³/mol. The summed E-state index contributed by atoms with van der Waals surface area (Å²) in [7, 11) is 0. The molecule has 0 saturated carbocycles. The summed E-state index contributed by atoms with van der Waals surface area (Å²) in [5.41, 5.74) is 0. The van der Waals surface area contributed by atoms with Gasteiger partial charge in [0.25, 0.3) is 0 Å². The van der Waals surface area contributed by atoms with Crippen molar-refractivity contribution in [3.8, 4) is 0 Å². The third-order valence-electron chi connectivity index (χ3n) is 0.475. The number of unbranched alkanes of at least 4 members (excludes halogenated alkanes) is 1. The van der Waals surface area contributed by atoms with Gasteiger partial charge in [-0.05, 0) is 6.42 Å². The molecule has 0 heterocycles. The molecule has 0 aromatic carbocycles. The second-order valence-electron chi connectivity index (χ2n) is 1.05. The van der Waals surface area contributed by atoms with Gasteiger partial charge < -0.3 is 5.26 Å². The maximum atomic E-state index is 9.13. The Morgan fingerprint density at radius 1 is 1.83 bits per heavy atom. The molecular weight excluding hydrogens is 80.0 g/mol. The van der Waals surface area contributed by atoms with E-state index in [-0.39, 0.29) is 0 Å². The van der Waals surface area contributed by atoms with Crippen molar-refractivity contribution in [1.29, 1.82) is 0 Å². The van der Waals surface area contributed by atoms with Gasteiger partial charge in [-0.15, -0.1) is 0 Å². The molecular formula is C4H8O2. The number of hydrogen-bond acceptors (Lipinski definition) is 1. The summed E-state index contributed by atoms with van der Waals surface area (Å²) in [6.07, 6.45) is 2.98. The number of carbonyl (C=O) groups excluding carboxylic acids is 1. The average molecular weight is 88.1 g/mol. The molecule has 0 radical (unpaired) electrons. The van der Waals surface area contributed by atoms with Gasteiger partial charge in [0, 0.05) is 0 Å². The van der Waals surface area contributed by atoms with E-state index in [2.05, 4.69) is 4.58 Å². The van der Waals surface area contributed by atoms with Gasteiger partial charge in [-0.3, -0.25) is 0 Å². The Hall–Kier alpha value is -0.530. The molecule has 0 aromatic heterocycles. The lowest BCUT2D eigenvalue weighted by Gasteiger charge is -1.69. The van der Waals surface area contributed by atoms with Crippen molar-refractivity contribution in [1.82, 2.24) is 0 Å². The molecule has 2 nitrogen and oxygen atoms in total. The van der Waals surface area contributed by atoms with Gasteiger partial charge in [0.1, 0.15) is 0 Å². The number of aldehydes is 1. The van der Waals surface area contributed by atoms with Crippen LogP contribution in [0.3, 0.4) is 0 Å². The minimum absolute atomic E-state index is 0.753. The van der Waals surface area contributed by atoms with Crippen molar-refractivity contribution < 1.29 is 9.83 Å². The Balaban J connectivity index is 2.66. The van der Waals surface area contributed by atoms with Gasteiger partial charge in [-0.1, -0.05) is 6.92 Å². The summed E-state index contributed by atoms with van der Waals surface area (Å²) in [5, 5.41) is 9.13. The Morgan fingerprint density at radius 3 is 2.67 bits per heavy atom. The van der Waals surface area contributed by atoms with Gasteiger partial charge in [-0.2, -0.15) is 4.58 Å². The molecule has 0 aromatic rings. The average Bonchev–Trinajstić information content (AvgIpc) is 1.61. The third kappa shape index (κ3) is 3.47. The van der Waals surface area contributed by atoms with Crippen LogP contribution in [0.4, 0.5) is 0 Å². The summed E-state index contributed by atoms with van der Waals surface area (Å²) >= 11 is 0. The highest BCUT2D eigenvalue weighted by Gasteiger charge is 1.76. The topological polar surface area (TPSA) is 34.4 Å². The fourth-order valence-electron chi connectivity index (χ4n) is 0.166. The van der Waals surface area contributed by atoms with Crippen molar-refractivity contribution in [3.63, 3.8) is 0 Å². The zero-order chi connectivity index (χ0) is 4.83. The molecule has 2 heteroatoms. The molecule has 0 N–H and O–H groups in total. The smallest absolute Gasteiger partial charge is 0.318 e. The summed E-state index contributed by atoms with van der Waals surface area (Å²) in [6, 6.07) is 0. The first-order valence-corrected chi connectivity index (χ1v) is 2.02. The normalized spacial score (nSPS) is 10.2. The lowest BCUT2D eigenvalue weighted by molar-refractivity contribution is -1.04. The lowest BCUT2D eigenvalue weighted by Crippen LogP contribution is -1.95. The highest BCUT2D eigenvalue weighted by atomic mass is 17.1. The highest BCUT2D eigenvalue weighted by Crippen LogP contribution is 1.75. The molecule has 0 bridgehead atoms. The van der Waals surface area contributed by atoms with Crippen LogP contribution in [0.1, 0.15) is 19.8 Å². The molecule has 0 fully saturated rings. The molecule has 0 saturated heterocycles. The second kappa shape index (κ2) is 4.47. The third-order valence-corrected chi connectivity index (χ3v) is 0.475. The minimum atomic E-state index is 0.753. The Morgan fingerprint density at radius 2 is 2.50 bits per heavy atom. The molecule has 0 atom stereocenters. The number of rotatable bonds is 2. The van der Waals surface area contributed by atoms with Crippen LogP contribution < -0.4 is 5.26 Å². The maximum Gasteiger partial charge on any atom is 0.318 e. The Labute approximate surface area is 37.0 Å². The quantitative estimate of drug-likeness (QED) is 0.199. The van der Waals surface area contributed by atoms with Crippen LogP contribution in [0.5, 0.6) is 0 Å². The van der Waals surface area contributed by atoms with E-state index in [9.17, 15) is 0 Å². The van der Waals surface area contributed by atoms with Gasteiger partial charge in [-0.25, -0.2) is 0 Å². The largest absolute Gasteiger partial charge is 0.463 e. The summed E-state index contributed by atoms with van der Waals surface area (Å²) in [6.45, 7) is 1.98. The standard InChI is InChI=1S/C4H8O2/c1-2-3-4-6-5/h4H,2-3H2,1H3. The zero-order valence-electron chi connectivity index (χ0n) is 3.81. The van der Waals surface area contributed by atoms with Crippen LogP contribution in [0.25, 0.3) is 0 Å². The molecule has 0 amide bonds. The predicted octanol–water partition coefficient (Wildman–Crippen LogP) is -0.204. The molecule has 0 aliphatic heterocycles. The second-order valence-corrected chi connectivity index (χ2v) is 1.05. The van der Waals surface area contributed by atoms with E-state index >= 15 is 0 Å². The van der Waals surface area contributed by atoms with E-state index in [0.29, 0.717) is 0 Å². The van der Waals surface area contributed by atoms with Crippen LogP contribution in [-0.2, 0) is 4.58 Å². The van der Waals surface area contributed by atoms with Gasteiger partial charge >= 0.3 is 6.29 Å². The fourth-order valence-corrected chi connectivity index (χ4v) is 0.166. The van der Waals surface area contributed by atoms with E-state index in [1.165, 1.54) is 6.29 Å². The maximum absolute atomic E-state index is 9.13.